The summed E-state index contributed by atoms with van der Waals surface area (Å²) < 4.78 is 3.22. The van der Waals surface area contributed by atoms with Crippen molar-refractivity contribution < 1.29 is 4.79 Å². The third-order valence-electron chi connectivity index (χ3n) is 5.54. The Morgan fingerprint density at radius 2 is 1.88 bits per heavy atom. The number of aryl methyl sites for hydroxylation is 3. The van der Waals surface area contributed by atoms with E-state index >= 15 is 0 Å². The molecule has 0 aliphatic carbocycles. The average Bonchev–Trinajstić information content (AvgIpc) is 2.79. The maximum Gasteiger partial charge on any atom is 0.279 e. The highest BCUT2D eigenvalue weighted by molar-refractivity contribution is 5.96. The van der Waals surface area contributed by atoms with Gasteiger partial charge in [-0.05, 0) is 49.6 Å². The van der Waals surface area contributed by atoms with E-state index in [0.717, 1.165) is 24.0 Å². The molecule has 0 spiro atoms. The number of benzene rings is 1. The minimum Gasteiger partial charge on any atom is -0.309 e. The fourth-order valence-corrected chi connectivity index (χ4v) is 3.79. The summed E-state index contributed by atoms with van der Waals surface area (Å²) in [5.74, 6) is -0.433. The average molecular weight is 425 g/mol. The van der Waals surface area contributed by atoms with Crippen molar-refractivity contribution in [1.29, 1.82) is 5.26 Å². The molecule has 0 atom stereocenters. The van der Waals surface area contributed by atoms with Crippen LogP contribution in [0.1, 0.15) is 46.8 Å². The third-order valence-corrected chi connectivity index (χ3v) is 5.54. The zero-order valence-electron chi connectivity index (χ0n) is 18.3. The van der Waals surface area contributed by atoms with Crippen LogP contribution in [-0.2, 0) is 6.54 Å². The predicted octanol–water partition coefficient (Wildman–Crippen LogP) is 3.68. The molecule has 3 heterocycles. The van der Waals surface area contributed by atoms with Gasteiger partial charge >= 0.3 is 0 Å². The summed E-state index contributed by atoms with van der Waals surface area (Å²) in [7, 11) is 0. The van der Waals surface area contributed by atoms with E-state index in [9.17, 15) is 14.9 Å². The number of amides is 1. The molecule has 0 bridgehead atoms. The maximum atomic E-state index is 13.2. The number of hydrogen-bond donors (Lipinski definition) is 0. The Balaban J connectivity index is 2.12. The van der Waals surface area contributed by atoms with E-state index < -0.39 is 5.91 Å². The van der Waals surface area contributed by atoms with Crippen LogP contribution in [0.25, 0.3) is 16.7 Å². The molecule has 160 valence electrons. The largest absolute Gasteiger partial charge is 0.309 e. The first-order valence-electron chi connectivity index (χ1n) is 10.6. The van der Waals surface area contributed by atoms with Gasteiger partial charge in [0.15, 0.2) is 5.49 Å². The lowest BCUT2D eigenvalue weighted by Crippen LogP contribution is -2.30. The van der Waals surface area contributed by atoms with E-state index in [1.807, 2.05) is 39.0 Å². The molecule has 32 heavy (non-hydrogen) atoms. The summed E-state index contributed by atoms with van der Waals surface area (Å²) in [6.07, 6.45) is 3.34. The van der Waals surface area contributed by atoms with Crippen molar-refractivity contribution in [2.45, 2.75) is 40.2 Å². The van der Waals surface area contributed by atoms with E-state index in [0.29, 0.717) is 28.8 Å². The van der Waals surface area contributed by atoms with Crippen molar-refractivity contribution in [3.63, 3.8) is 0 Å². The van der Waals surface area contributed by atoms with Crippen LogP contribution in [0, 0.1) is 25.2 Å². The molecule has 0 fully saturated rings. The van der Waals surface area contributed by atoms with Crippen molar-refractivity contribution in [2.75, 3.05) is 0 Å². The van der Waals surface area contributed by atoms with Crippen LogP contribution >= 0.6 is 0 Å². The fraction of sp³-hybridized carbons (Fsp3) is 0.240. The van der Waals surface area contributed by atoms with Gasteiger partial charge in [-0.2, -0.15) is 10.3 Å². The van der Waals surface area contributed by atoms with Crippen LogP contribution in [0.5, 0.6) is 0 Å². The number of hydrogen-bond acceptors (Lipinski definition) is 4. The second-order valence-corrected chi connectivity index (χ2v) is 7.77. The molecule has 0 saturated carbocycles. The molecule has 1 aromatic carbocycles. The molecule has 0 aliphatic heterocycles. The lowest BCUT2D eigenvalue weighted by molar-refractivity contribution is 0.0996. The zero-order chi connectivity index (χ0) is 22.8. The SMILES string of the molecule is CCCCn1c(=NC(=O)c2ccccc2C)c(C#N)cc2c(=O)n3cccc(C)c3nc21. The van der Waals surface area contributed by atoms with E-state index in [1.165, 1.54) is 10.5 Å². The number of fused-ring (bicyclic) bond motifs is 2. The summed E-state index contributed by atoms with van der Waals surface area (Å²) >= 11 is 0. The number of carbonyl (C=O) groups is 1. The van der Waals surface area contributed by atoms with Crippen LogP contribution in [0.15, 0.2) is 58.4 Å². The van der Waals surface area contributed by atoms with Crippen LogP contribution in [-0.4, -0.2) is 19.9 Å². The Bertz CT molecular complexity index is 1540. The van der Waals surface area contributed by atoms with Crippen LogP contribution in [0.3, 0.4) is 0 Å². The molecule has 1 amide bonds. The fourth-order valence-electron chi connectivity index (χ4n) is 3.79. The van der Waals surface area contributed by atoms with E-state index in [-0.39, 0.29) is 16.6 Å². The summed E-state index contributed by atoms with van der Waals surface area (Å²) in [4.78, 5) is 35.4. The Labute approximate surface area is 184 Å². The predicted molar refractivity (Wildman–Crippen MR) is 122 cm³/mol. The number of carbonyl (C=O) groups excluding carboxylic acids is 1. The van der Waals surface area contributed by atoms with Crippen molar-refractivity contribution in [3.05, 3.63) is 86.8 Å². The second kappa shape index (κ2) is 8.60. The van der Waals surface area contributed by atoms with E-state index in [4.69, 9.17) is 4.98 Å². The lowest BCUT2D eigenvalue weighted by Gasteiger charge is -2.14. The van der Waals surface area contributed by atoms with Gasteiger partial charge in [0.05, 0.1) is 10.9 Å². The quantitative estimate of drug-likeness (QED) is 0.466. The van der Waals surface area contributed by atoms with Gasteiger partial charge in [-0.3, -0.25) is 14.0 Å². The van der Waals surface area contributed by atoms with Gasteiger partial charge in [-0.1, -0.05) is 37.6 Å². The molecule has 0 radical (unpaired) electrons. The summed E-state index contributed by atoms with van der Waals surface area (Å²) in [6.45, 7) is 6.27. The first-order valence-corrected chi connectivity index (χ1v) is 10.6. The van der Waals surface area contributed by atoms with Crippen molar-refractivity contribution in [1.82, 2.24) is 14.0 Å². The molecule has 0 saturated heterocycles. The zero-order valence-corrected chi connectivity index (χ0v) is 18.3. The smallest absolute Gasteiger partial charge is 0.279 e. The maximum absolute atomic E-state index is 13.2. The van der Waals surface area contributed by atoms with Crippen LogP contribution in [0.2, 0.25) is 0 Å². The van der Waals surface area contributed by atoms with Gasteiger partial charge in [0, 0.05) is 18.3 Å². The molecule has 4 aromatic rings. The van der Waals surface area contributed by atoms with Gasteiger partial charge in [0.1, 0.15) is 17.4 Å². The minimum absolute atomic E-state index is 0.169. The summed E-state index contributed by atoms with van der Waals surface area (Å²) in [5, 5.41) is 10.2. The topological polar surface area (TPSA) is 92.5 Å². The molecular formula is C25H23N5O2. The molecule has 0 aliphatic rings. The number of unbranched alkanes of at least 4 members (excludes halogenated alkanes) is 1. The Hall–Kier alpha value is -4.05. The first kappa shape index (κ1) is 21.2. The highest BCUT2D eigenvalue weighted by Crippen LogP contribution is 2.14. The number of aromatic nitrogens is 3. The molecule has 7 nitrogen and oxygen atoms in total. The van der Waals surface area contributed by atoms with Gasteiger partial charge in [-0.25, -0.2) is 4.98 Å². The Morgan fingerprint density at radius 1 is 1.12 bits per heavy atom. The standard InChI is InChI=1S/C25H23N5O2/c1-4-5-12-29-22(28-24(31)19-11-7-6-9-16(19)2)18(15-26)14-20-23(29)27-21-17(3)10-8-13-30(21)25(20)32/h6-11,13-14H,4-5,12H2,1-3H3. The molecule has 0 N–H and O–H groups in total. The highest BCUT2D eigenvalue weighted by Gasteiger charge is 2.16. The third kappa shape index (κ3) is 3.60. The molecular weight excluding hydrogens is 402 g/mol. The van der Waals surface area contributed by atoms with Gasteiger partial charge in [-0.15, -0.1) is 0 Å². The van der Waals surface area contributed by atoms with Crippen LogP contribution in [0.4, 0.5) is 0 Å². The number of nitrogens with zero attached hydrogens (tertiary/aromatic N) is 5. The second-order valence-electron chi connectivity index (χ2n) is 7.77. The molecule has 3 aromatic heterocycles. The Kier molecular flexibility index (Phi) is 5.69. The monoisotopic (exact) mass is 425 g/mol. The normalized spacial score (nSPS) is 11.8. The first-order chi connectivity index (χ1) is 15.5. The van der Waals surface area contributed by atoms with E-state index in [1.54, 1.807) is 29.0 Å². The van der Waals surface area contributed by atoms with E-state index in [2.05, 4.69) is 11.1 Å². The van der Waals surface area contributed by atoms with Gasteiger partial charge in [0.25, 0.3) is 11.5 Å². The summed E-state index contributed by atoms with van der Waals surface area (Å²) in [5.41, 5.74) is 3.23. The molecule has 7 heteroatoms. The van der Waals surface area contributed by atoms with Gasteiger partial charge in [0.2, 0.25) is 0 Å². The minimum atomic E-state index is -0.433. The number of nitriles is 1. The lowest BCUT2D eigenvalue weighted by atomic mass is 10.1. The molecule has 4 rings (SSSR count). The molecule has 0 unspecified atom stereocenters. The number of pyridine rings is 2. The van der Waals surface area contributed by atoms with Gasteiger partial charge < -0.3 is 4.57 Å². The van der Waals surface area contributed by atoms with Crippen LogP contribution < -0.4 is 11.0 Å². The van der Waals surface area contributed by atoms with Crippen molar-refractivity contribution in [2.24, 2.45) is 4.99 Å². The van der Waals surface area contributed by atoms with Crippen molar-refractivity contribution >= 4 is 22.6 Å². The van der Waals surface area contributed by atoms with Crippen molar-refractivity contribution in [3.8, 4) is 6.07 Å². The highest BCUT2D eigenvalue weighted by atomic mass is 16.1. The summed E-state index contributed by atoms with van der Waals surface area (Å²) in [6, 6.07) is 14.5. The Morgan fingerprint density at radius 3 is 2.59 bits per heavy atom. The number of rotatable bonds is 4.